The number of hydrogen-bond acceptors (Lipinski definition) is 2. The summed E-state index contributed by atoms with van der Waals surface area (Å²) in [6.45, 7) is 1.72. The third kappa shape index (κ3) is 3.42. The molecule has 2 aromatic carbocycles. The van der Waals surface area contributed by atoms with E-state index in [0.717, 1.165) is 18.4 Å². The predicted octanol–water partition coefficient (Wildman–Crippen LogP) is 3.36. The Morgan fingerprint density at radius 3 is 2.61 bits per heavy atom. The van der Waals surface area contributed by atoms with E-state index in [1.54, 1.807) is 19.1 Å². The van der Waals surface area contributed by atoms with E-state index in [1.165, 1.54) is 23.6 Å². The number of aryl methyl sites for hydroxylation is 3. The lowest BCUT2D eigenvalue weighted by Crippen LogP contribution is -2.15. The number of carbonyl (C=O) groups excluding carboxylic acids is 1. The van der Waals surface area contributed by atoms with Gasteiger partial charge in [0.05, 0.1) is 12.0 Å². The normalized spacial score (nSPS) is 12.7. The number of benzene rings is 2. The molecule has 1 amide bonds. The van der Waals surface area contributed by atoms with Crippen molar-refractivity contribution < 1.29 is 14.7 Å². The summed E-state index contributed by atoms with van der Waals surface area (Å²) in [5, 5.41) is 11.9. The average molecular weight is 309 g/mol. The Morgan fingerprint density at radius 1 is 1.09 bits per heavy atom. The molecule has 0 saturated carbocycles. The Balaban J connectivity index is 1.67. The van der Waals surface area contributed by atoms with E-state index in [9.17, 15) is 9.59 Å². The number of carbonyl (C=O) groups is 2. The van der Waals surface area contributed by atoms with Crippen LogP contribution in [-0.4, -0.2) is 17.0 Å². The highest BCUT2D eigenvalue weighted by molar-refractivity contribution is 5.94. The van der Waals surface area contributed by atoms with Gasteiger partial charge in [0.15, 0.2) is 0 Å². The van der Waals surface area contributed by atoms with Gasteiger partial charge in [-0.05, 0) is 66.6 Å². The maximum absolute atomic E-state index is 12.2. The van der Waals surface area contributed by atoms with Crippen LogP contribution in [0.5, 0.6) is 0 Å². The molecule has 0 saturated heterocycles. The van der Waals surface area contributed by atoms with E-state index >= 15 is 0 Å². The smallest absolute Gasteiger partial charge is 0.335 e. The lowest BCUT2D eigenvalue weighted by molar-refractivity contribution is -0.115. The topological polar surface area (TPSA) is 66.4 Å². The third-order valence-electron chi connectivity index (χ3n) is 4.27. The standard InChI is InChI=1S/C19H19NO3/c1-12-9-16(7-8-17(12)19(22)23)20-18(21)11-13-5-6-14-3-2-4-15(14)10-13/h5-10H,2-4,11H2,1H3,(H,20,21)(H,22,23). The number of fused-ring (bicyclic) bond motifs is 1. The number of anilines is 1. The van der Waals surface area contributed by atoms with Crippen LogP contribution in [0.15, 0.2) is 36.4 Å². The fourth-order valence-corrected chi connectivity index (χ4v) is 3.11. The molecule has 1 aliphatic rings. The zero-order valence-corrected chi connectivity index (χ0v) is 13.1. The Bertz CT molecular complexity index is 780. The fourth-order valence-electron chi connectivity index (χ4n) is 3.11. The molecule has 118 valence electrons. The van der Waals surface area contributed by atoms with Gasteiger partial charge < -0.3 is 10.4 Å². The van der Waals surface area contributed by atoms with Crippen LogP contribution in [0.4, 0.5) is 5.69 Å². The van der Waals surface area contributed by atoms with Crippen molar-refractivity contribution in [1.82, 2.24) is 0 Å². The highest BCUT2D eigenvalue weighted by atomic mass is 16.4. The molecule has 3 rings (SSSR count). The van der Waals surface area contributed by atoms with Crippen molar-refractivity contribution in [2.45, 2.75) is 32.6 Å². The first-order valence-corrected chi connectivity index (χ1v) is 7.77. The molecule has 0 aromatic heterocycles. The van der Waals surface area contributed by atoms with Crippen molar-refractivity contribution in [2.24, 2.45) is 0 Å². The highest BCUT2D eigenvalue weighted by Crippen LogP contribution is 2.23. The highest BCUT2D eigenvalue weighted by Gasteiger charge is 2.13. The molecule has 0 unspecified atom stereocenters. The van der Waals surface area contributed by atoms with Crippen molar-refractivity contribution in [3.05, 3.63) is 64.2 Å². The van der Waals surface area contributed by atoms with E-state index in [2.05, 4.69) is 17.4 Å². The van der Waals surface area contributed by atoms with E-state index in [4.69, 9.17) is 5.11 Å². The summed E-state index contributed by atoms with van der Waals surface area (Å²) in [4.78, 5) is 23.2. The Kier molecular flexibility index (Phi) is 4.15. The second kappa shape index (κ2) is 6.24. The van der Waals surface area contributed by atoms with Crippen molar-refractivity contribution in [3.8, 4) is 0 Å². The molecule has 4 nitrogen and oxygen atoms in total. The average Bonchev–Trinajstić information content (AvgIpc) is 2.94. The van der Waals surface area contributed by atoms with Crippen molar-refractivity contribution >= 4 is 17.6 Å². The van der Waals surface area contributed by atoms with Gasteiger partial charge in [-0.3, -0.25) is 4.79 Å². The van der Waals surface area contributed by atoms with Gasteiger partial charge in [-0.25, -0.2) is 4.79 Å². The zero-order valence-electron chi connectivity index (χ0n) is 13.1. The van der Waals surface area contributed by atoms with Gasteiger partial charge in [-0.1, -0.05) is 18.2 Å². The lowest BCUT2D eigenvalue weighted by atomic mass is 10.0. The number of hydrogen-bond donors (Lipinski definition) is 2. The summed E-state index contributed by atoms with van der Waals surface area (Å²) in [5.74, 6) is -1.05. The lowest BCUT2D eigenvalue weighted by Gasteiger charge is -2.09. The number of carboxylic acids is 1. The summed E-state index contributed by atoms with van der Waals surface area (Å²) in [6.07, 6.45) is 3.75. The van der Waals surface area contributed by atoms with E-state index in [0.29, 0.717) is 17.7 Å². The largest absolute Gasteiger partial charge is 0.478 e. The maximum Gasteiger partial charge on any atom is 0.335 e. The monoisotopic (exact) mass is 309 g/mol. The third-order valence-corrected chi connectivity index (χ3v) is 4.27. The van der Waals surface area contributed by atoms with Crippen LogP contribution in [0, 0.1) is 6.92 Å². The van der Waals surface area contributed by atoms with Gasteiger partial charge in [0, 0.05) is 5.69 Å². The summed E-state index contributed by atoms with van der Waals surface area (Å²) in [7, 11) is 0. The molecule has 2 aromatic rings. The minimum atomic E-state index is -0.960. The first-order chi connectivity index (χ1) is 11.0. The summed E-state index contributed by atoms with van der Waals surface area (Å²) in [6, 6.07) is 11.1. The first-order valence-electron chi connectivity index (χ1n) is 7.77. The molecular formula is C19H19NO3. The quantitative estimate of drug-likeness (QED) is 0.910. The van der Waals surface area contributed by atoms with Crippen LogP contribution < -0.4 is 5.32 Å². The molecule has 23 heavy (non-hydrogen) atoms. The van der Waals surface area contributed by atoms with Gasteiger partial charge in [-0.15, -0.1) is 0 Å². The number of aromatic carboxylic acids is 1. The Hall–Kier alpha value is -2.62. The van der Waals surface area contributed by atoms with E-state index < -0.39 is 5.97 Å². The second-order valence-corrected chi connectivity index (χ2v) is 6.02. The molecule has 4 heteroatoms. The maximum atomic E-state index is 12.2. The molecule has 0 radical (unpaired) electrons. The van der Waals surface area contributed by atoms with Crippen LogP contribution in [-0.2, 0) is 24.1 Å². The molecular weight excluding hydrogens is 290 g/mol. The van der Waals surface area contributed by atoms with Crippen LogP contribution in [0.3, 0.4) is 0 Å². The summed E-state index contributed by atoms with van der Waals surface area (Å²) < 4.78 is 0. The molecule has 2 N–H and O–H groups in total. The van der Waals surface area contributed by atoms with E-state index in [-0.39, 0.29) is 11.5 Å². The summed E-state index contributed by atoms with van der Waals surface area (Å²) >= 11 is 0. The van der Waals surface area contributed by atoms with Crippen LogP contribution in [0.25, 0.3) is 0 Å². The fraction of sp³-hybridized carbons (Fsp3) is 0.263. The molecule has 0 bridgehead atoms. The van der Waals surface area contributed by atoms with Crippen molar-refractivity contribution in [2.75, 3.05) is 5.32 Å². The predicted molar refractivity (Wildman–Crippen MR) is 88.9 cm³/mol. The number of amides is 1. The Morgan fingerprint density at radius 2 is 1.87 bits per heavy atom. The minimum Gasteiger partial charge on any atom is -0.478 e. The second-order valence-electron chi connectivity index (χ2n) is 6.02. The summed E-state index contributed by atoms with van der Waals surface area (Å²) in [5.41, 5.74) is 5.28. The molecule has 0 heterocycles. The zero-order chi connectivity index (χ0) is 16.4. The van der Waals surface area contributed by atoms with Crippen LogP contribution in [0.1, 0.15) is 39.0 Å². The van der Waals surface area contributed by atoms with Crippen LogP contribution in [0.2, 0.25) is 0 Å². The number of nitrogens with one attached hydrogen (secondary N) is 1. The van der Waals surface area contributed by atoms with Gasteiger partial charge in [0.2, 0.25) is 5.91 Å². The van der Waals surface area contributed by atoms with E-state index in [1.807, 2.05) is 6.07 Å². The Labute approximate surface area is 135 Å². The molecule has 0 fully saturated rings. The van der Waals surface area contributed by atoms with Gasteiger partial charge in [0.1, 0.15) is 0 Å². The SMILES string of the molecule is Cc1cc(NC(=O)Cc2ccc3c(c2)CCC3)ccc1C(=O)O. The van der Waals surface area contributed by atoms with Gasteiger partial charge in [0.25, 0.3) is 0 Å². The van der Waals surface area contributed by atoms with Gasteiger partial charge in [-0.2, -0.15) is 0 Å². The molecule has 1 aliphatic carbocycles. The molecule has 0 spiro atoms. The molecule has 0 aliphatic heterocycles. The molecule has 0 atom stereocenters. The minimum absolute atomic E-state index is 0.0922. The van der Waals surface area contributed by atoms with Gasteiger partial charge >= 0.3 is 5.97 Å². The van der Waals surface area contributed by atoms with Crippen molar-refractivity contribution in [3.63, 3.8) is 0 Å². The number of rotatable bonds is 4. The van der Waals surface area contributed by atoms with Crippen LogP contribution >= 0.6 is 0 Å². The first kappa shape index (κ1) is 15.3. The van der Waals surface area contributed by atoms with Crippen molar-refractivity contribution in [1.29, 1.82) is 0 Å². The number of carboxylic acid groups (broad SMARTS) is 1.